The van der Waals surface area contributed by atoms with Gasteiger partial charge >= 0.3 is 0 Å². The van der Waals surface area contributed by atoms with Crippen LogP contribution in [0.1, 0.15) is 11.1 Å². The number of amidine groups is 1. The van der Waals surface area contributed by atoms with Crippen molar-refractivity contribution in [1.29, 1.82) is 0 Å². The van der Waals surface area contributed by atoms with Crippen LogP contribution in [-0.4, -0.2) is 20.9 Å². The molecule has 1 saturated heterocycles. The summed E-state index contributed by atoms with van der Waals surface area (Å²) < 4.78 is 0.391. The molecule has 3 aromatic rings. The predicted octanol–water partition coefficient (Wildman–Crippen LogP) is 6.16. The first-order chi connectivity index (χ1) is 15.0. The van der Waals surface area contributed by atoms with Crippen molar-refractivity contribution < 1.29 is 9.72 Å². The molecule has 8 heteroatoms. The summed E-state index contributed by atoms with van der Waals surface area (Å²) in [5, 5.41) is 11.8. The summed E-state index contributed by atoms with van der Waals surface area (Å²) in [6.07, 6.45) is 1.66. The average Bonchev–Trinajstić information content (AvgIpc) is 3.05. The highest BCUT2D eigenvalue weighted by Crippen LogP contribution is 2.36. The number of nitro groups is 1. The maximum Gasteiger partial charge on any atom is 0.284 e. The summed E-state index contributed by atoms with van der Waals surface area (Å²) in [7, 11) is 0. The Morgan fingerprint density at radius 3 is 2.39 bits per heavy atom. The number of nitrogens with zero attached hydrogens (tertiary/aromatic N) is 3. The Morgan fingerprint density at radius 2 is 1.71 bits per heavy atom. The van der Waals surface area contributed by atoms with Gasteiger partial charge in [-0.25, -0.2) is 4.99 Å². The summed E-state index contributed by atoms with van der Waals surface area (Å²) in [5.74, 6) is -0.186. The van der Waals surface area contributed by atoms with Gasteiger partial charge in [-0.15, -0.1) is 0 Å². The van der Waals surface area contributed by atoms with Crippen molar-refractivity contribution in [2.45, 2.75) is 6.54 Å². The van der Waals surface area contributed by atoms with E-state index in [9.17, 15) is 14.9 Å². The van der Waals surface area contributed by atoms with Crippen molar-refractivity contribution in [2.24, 2.45) is 4.99 Å². The van der Waals surface area contributed by atoms with E-state index in [2.05, 4.69) is 20.9 Å². The number of halogens is 1. The lowest BCUT2D eigenvalue weighted by atomic mass is 10.2. The van der Waals surface area contributed by atoms with Crippen LogP contribution in [0, 0.1) is 10.1 Å². The van der Waals surface area contributed by atoms with Crippen molar-refractivity contribution in [1.82, 2.24) is 4.90 Å². The maximum atomic E-state index is 13.2. The van der Waals surface area contributed by atoms with Gasteiger partial charge in [0.15, 0.2) is 5.17 Å². The molecule has 0 bridgehead atoms. The molecule has 0 unspecified atom stereocenters. The molecule has 1 aliphatic heterocycles. The third-order valence-corrected chi connectivity index (χ3v) is 6.19. The summed E-state index contributed by atoms with van der Waals surface area (Å²) in [6, 6.07) is 23.9. The first kappa shape index (κ1) is 21.0. The minimum absolute atomic E-state index is 0.0517. The SMILES string of the molecule is O=C1/C(=C\c2ccc(Br)c([N+](=O)[O-])c2)SC(=Nc2ccccc2)N1Cc1ccccc1. The second-order valence-electron chi connectivity index (χ2n) is 6.69. The molecule has 31 heavy (non-hydrogen) atoms. The van der Waals surface area contributed by atoms with Crippen molar-refractivity contribution in [3.63, 3.8) is 0 Å². The van der Waals surface area contributed by atoms with Gasteiger partial charge in [-0.05, 0) is 63.1 Å². The number of amides is 1. The number of hydrogen-bond acceptors (Lipinski definition) is 5. The van der Waals surface area contributed by atoms with E-state index < -0.39 is 4.92 Å². The smallest absolute Gasteiger partial charge is 0.282 e. The van der Waals surface area contributed by atoms with Gasteiger partial charge < -0.3 is 0 Å². The zero-order valence-corrected chi connectivity index (χ0v) is 18.5. The summed E-state index contributed by atoms with van der Waals surface area (Å²) >= 11 is 4.45. The number of rotatable bonds is 5. The van der Waals surface area contributed by atoms with E-state index in [4.69, 9.17) is 0 Å². The molecule has 0 saturated carbocycles. The molecule has 0 N–H and O–H groups in total. The highest BCUT2D eigenvalue weighted by molar-refractivity contribution is 9.10. The molecule has 0 radical (unpaired) electrons. The Labute approximate surface area is 191 Å². The molecule has 1 amide bonds. The Morgan fingerprint density at radius 1 is 1.03 bits per heavy atom. The van der Waals surface area contributed by atoms with Crippen LogP contribution in [0.15, 0.2) is 93.2 Å². The third-order valence-electron chi connectivity index (χ3n) is 4.52. The molecule has 154 valence electrons. The fourth-order valence-corrected chi connectivity index (χ4v) is 4.41. The normalized spacial score (nSPS) is 16.3. The van der Waals surface area contributed by atoms with E-state index in [1.165, 1.54) is 17.8 Å². The number of benzene rings is 3. The van der Waals surface area contributed by atoms with Gasteiger partial charge in [0.2, 0.25) is 0 Å². The Balaban J connectivity index is 1.71. The lowest BCUT2D eigenvalue weighted by Gasteiger charge is -2.15. The lowest BCUT2D eigenvalue weighted by molar-refractivity contribution is -0.385. The molecule has 0 atom stereocenters. The van der Waals surface area contributed by atoms with Gasteiger partial charge in [0.25, 0.3) is 11.6 Å². The molecule has 3 aromatic carbocycles. The largest absolute Gasteiger partial charge is 0.284 e. The Bertz CT molecular complexity index is 1200. The molecule has 0 spiro atoms. The van der Waals surface area contributed by atoms with Gasteiger partial charge in [-0.2, -0.15) is 0 Å². The van der Waals surface area contributed by atoms with E-state index in [1.807, 2.05) is 60.7 Å². The number of aliphatic imine (C=N–C) groups is 1. The van der Waals surface area contributed by atoms with Crippen molar-refractivity contribution in [2.75, 3.05) is 0 Å². The van der Waals surface area contributed by atoms with E-state index >= 15 is 0 Å². The summed E-state index contributed by atoms with van der Waals surface area (Å²) in [5.41, 5.74) is 2.25. The lowest BCUT2D eigenvalue weighted by Crippen LogP contribution is -2.28. The zero-order valence-electron chi connectivity index (χ0n) is 16.1. The van der Waals surface area contributed by atoms with Crippen molar-refractivity contribution in [3.05, 3.63) is 109 Å². The predicted molar refractivity (Wildman–Crippen MR) is 127 cm³/mol. The van der Waals surface area contributed by atoms with Crippen LogP contribution >= 0.6 is 27.7 Å². The van der Waals surface area contributed by atoms with E-state index in [-0.39, 0.29) is 11.6 Å². The van der Waals surface area contributed by atoms with Gasteiger partial charge in [0, 0.05) is 6.07 Å². The molecule has 6 nitrogen and oxygen atoms in total. The average molecular weight is 494 g/mol. The molecule has 0 aromatic heterocycles. The highest BCUT2D eigenvalue weighted by Gasteiger charge is 2.33. The van der Waals surface area contributed by atoms with Crippen molar-refractivity contribution >= 4 is 56.2 Å². The Hall–Kier alpha value is -3.23. The van der Waals surface area contributed by atoms with Crippen LogP contribution in [0.5, 0.6) is 0 Å². The zero-order chi connectivity index (χ0) is 21.8. The minimum Gasteiger partial charge on any atom is -0.282 e. The summed E-state index contributed by atoms with van der Waals surface area (Å²) in [6.45, 7) is 0.385. The van der Waals surface area contributed by atoms with Gasteiger partial charge in [-0.3, -0.25) is 19.8 Å². The van der Waals surface area contributed by atoms with E-state index in [1.54, 1.807) is 23.1 Å². The molecule has 4 rings (SSSR count). The number of nitro benzene ring substituents is 1. The molecule has 0 aliphatic carbocycles. The molecule has 1 heterocycles. The minimum atomic E-state index is -0.459. The van der Waals surface area contributed by atoms with Crippen LogP contribution in [0.4, 0.5) is 11.4 Å². The third kappa shape index (κ3) is 4.92. The maximum absolute atomic E-state index is 13.2. The van der Waals surface area contributed by atoms with Gasteiger partial charge in [-0.1, -0.05) is 54.6 Å². The van der Waals surface area contributed by atoms with Crippen LogP contribution in [0.2, 0.25) is 0 Å². The van der Waals surface area contributed by atoms with Gasteiger partial charge in [0.05, 0.1) is 26.5 Å². The summed E-state index contributed by atoms with van der Waals surface area (Å²) in [4.78, 5) is 30.8. The second-order valence-corrected chi connectivity index (χ2v) is 8.55. The number of carbonyl (C=O) groups is 1. The fourth-order valence-electron chi connectivity index (χ4n) is 3.02. The Kier molecular flexibility index (Phi) is 6.29. The fraction of sp³-hybridized carbons (Fsp3) is 0.0435. The van der Waals surface area contributed by atoms with Crippen molar-refractivity contribution in [3.8, 4) is 0 Å². The number of carbonyl (C=O) groups excluding carboxylic acids is 1. The highest BCUT2D eigenvalue weighted by atomic mass is 79.9. The second kappa shape index (κ2) is 9.28. The van der Waals surface area contributed by atoms with Crippen LogP contribution in [0.25, 0.3) is 6.08 Å². The van der Waals surface area contributed by atoms with E-state index in [0.717, 1.165) is 11.3 Å². The topological polar surface area (TPSA) is 75.8 Å². The van der Waals surface area contributed by atoms with Gasteiger partial charge in [0.1, 0.15) is 0 Å². The van der Waals surface area contributed by atoms with E-state index in [0.29, 0.717) is 26.7 Å². The molecule has 1 fully saturated rings. The van der Waals surface area contributed by atoms with Crippen LogP contribution < -0.4 is 0 Å². The van der Waals surface area contributed by atoms with Crippen LogP contribution in [0.3, 0.4) is 0 Å². The molecular weight excluding hydrogens is 478 g/mol. The number of thioether (sulfide) groups is 1. The number of para-hydroxylation sites is 1. The quantitative estimate of drug-likeness (QED) is 0.242. The first-order valence-electron chi connectivity index (χ1n) is 9.34. The first-order valence-corrected chi connectivity index (χ1v) is 11.0. The standard InChI is InChI=1S/C23H16BrN3O3S/c24-19-12-11-17(13-20(19)27(29)30)14-21-22(28)26(15-16-7-3-1-4-8-16)23(31-21)25-18-9-5-2-6-10-18/h1-14H,15H2/b21-14+,25-23?. The monoisotopic (exact) mass is 493 g/mol. The molecule has 1 aliphatic rings. The number of hydrogen-bond donors (Lipinski definition) is 0. The van der Waals surface area contributed by atoms with Crippen LogP contribution in [-0.2, 0) is 11.3 Å². The molecular formula is C23H16BrN3O3S.